The minimum Gasteiger partial charge on any atom is -0.394 e. The molecule has 23 heavy (non-hydrogen) atoms. The van der Waals surface area contributed by atoms with Crippen LogP contribution in [-0.4, -0.2) is 90.9 Å². The molecule has 0 fully saturated rings. The molecule has 7 nitrogen and oxygen atoms in total. The molecule has 0 aliphatic rings. The molecule has 0 aromatic heterocycles. The molecule has 0 radical (unpaired) electrons. The van der Waals surface area contributed by atoms with Gasteiger partial charge in [-0.15, -0.1) is 0 Å². The van der Waals surface area contributed by atoms with E-state index in [0.717, 1.165) is 0 Å². The highest BCUT2D eigenvalue weighted by molar-refractivity contribution is 4.66. The number of hydrogen-bond acceptors (Lipinski definition) is 7. The van der Waals surface area contributed by atoms with Gasteiger partial charge in [0, 0.05) is 6.42 Å². The molecule has 11 heteroatoms. The van der Waals surface area contributed by atoms with Crippen molar-refractivity contribution in [1.82, 2.24) is 0 Å². The van der Waals surface area contributed by atoms with Crippen LogP contribution in [0.5, 0.6) is 0 Å². The Morgan fingerprint density at radius 3 is 1.78 bits per heavy atom. The Morgan fingerprint density at radius 1 is 0.826 bits per heavy atom. The van der Waals surface area contributed by atoms with Gasteiger partial charge in [0.1, 0.15) is 25.4 Å². The summed E-state index contributed by atoms with van der Waals surface area (Å²) >= 11 is 0. The normalized spacial score (nSPS) is 15.7. The van der Waals surface area contributed by atoms with Gasteiger partial charge in [-0.1, -0.05) is 0 Å². The topological polar surface area (TPSA) is 109 Å². The fourth-order valence-electron chi connectivity index (χ4n) is 1.23. The van der Waals surface area contributed by atoms with Crippen molar-refractivity contribution in [3.8, 4) is 0 Å². The molecular formula is C12H22F4O7. The molecule has 2 atom stereocenters. The summed E-state index contributed by atoms with van der Waals surface area (Å²) in [7, 11) is 0. The van der Waals surface area contributed by atoms with Crippen LogP contribution in [0.2, 0.25) is 0 Å². The molecule has 140 valence electrons. The molecule has 0 saturated carbocycles. The molecule has 0 aliphatic heterocycles. The molecule has 2 unspecified atom stereocenters. The summed E-state index contributed by atoms with van der Waals surface area (Å²) in [4.78, 5) is 0. The SMILES string of the molecule is OCC(O)COCC(F)(F)CCOC(F)(F)COCC(O)CO. The van der Waals surface area contributed by atoms with Crippen LogP contribution in [0.15, 0.2) is 0 Å². The zero-order valence-electron chi connectivity index (χ0n) is 12.3. The first-order valence-corrected chi connectivity index (χ1v) is 6.75. The lowest BCUT2D eigenvalue weighted by Crippen LogP contribution is -2.33. The van der Waals surface area contributed by atoms with Crippen molar-refractivity contribution in [3.63, 3.8) is 0 Å². The zero-order valence-corrected chi connectivity index (χ0v) is 12.3. The van der Waals surface area contributed by atoms with Crippen molar-refractivity contribution in [2.75, 3.05) is 46.2 Å². The van der Waals surface area contributed by atoms with Crippen molar-refractivity contribution in [2.45, 2.75) is 30.7 Å². The molecule has 4 N–H and O–H groups in total. The van der Waals surface area contributed by atoms with Gasteiger partial charge in [0.05, 0.1) is 33.0 Å². The van der Waals surface area contributed by atoms with E-state index in [2.05, 4.69) is 14.2 Å². The first-order chi connectivity index (χ1) is 10.6. The summed E-state index contributed by atoms with van der Waals surface area (Å²) in [6.07, 6.45) is -7.48. The lowest BCUT2D eigenvalue weighted by molar-refractivity contribution is -0.272. The van der Waals surface area contributed by atoms with Crippen LogP contribution < -0.4 is 0 Å². The van der Waals surface area contributed by atoms with Crippen LogP contribution in [0.4, 0.5) is 17.6 Å². The maximum atomic E-state index is 13.3. The van der Waals surface area contributed by atoms with Crippen LogP contribution in [0.25, 0.3) is 0 Å². The predicted octanol–water partition coefficient (Wildman–Crippen LogP) is -0.639. The number of aliphatic hydroxyl groups is 4. The Hall–Kier alpha value is -0.560. The molecule has 0 aliphatic carbocycles. The minimum atomic E-state index is -3.82. The Morgan fingerprint density at radius 2 is 1.30 bits per heavy atom. The van der Waals surface area contributed by atoms with Gasteiger partial charge in [0.2, 0.25) is 0 Å². The van der Waals surface area contributed by atoms with Gasteiger partial charge in [-0.25, -0.2) is 8.78 Å². The number of hydrogen-bond donors (Lipinski definition) is 4. The predicted molar refractivity (Wildman–Crippen MR) is 68.3 cm³/mol. The molecule has 0 saturated heterocycles. The Kier molecular flexibility index (Phi) is 10.8. The Balaban J connectivity index is 3.91. The lowest BCUT2D eigenvalue weighted by Gasteiger charge is -2.21. The van der Waals surface area contributed by atoms with Crippen LogP contribution in [0.1, 0.15) is 6.42 Å². The fourth-order valence-corrected chi connectivity index (χ4v) is 1.23. The zero-order chi connectivity index (χ0) is 17.9. The van der Waals surface area contributed by atoms with E-state index < -0.39 is 76.9 Å². The van der Waals surface area contributed by atoms with E-state index in [1.165, 1.54) is 0 Å². The lowest BCUT2D eigenvalue weighted by atomic mass is 10.2. The van der Waals surface area contributed by atoms with E-state index in [9.17, 15) is 17.6 Å². The third-order valence-corrected chi connectivity index (χ3v) is 2.41. The third kappa shape index (κ3) is 12.5. The second-order valence-electron chi connectivity index (χ2n) is 4.79. The molecule has 0 spiro atoms. The van der Waals surface area contributed by atoms with Gasteiger partial charge in [0.15, 0.2) is 0 Å². The van der Waals surface area contributed by atoms with E-state index in [1.807, 2.05) is 0 Å². The molecular weight excluding hydrogens is 332 g/mol. The highest BCUT2D eigenvalue weighted by atomic mass is 19.3. The quantitative estimate of drug-likeness (QED) is 0.307. The fraction of sp³-hybridized carbons (Fsp3) is 1.00. The summed E-state index contributed by atoms with van der Waals surface area (Å²) in [5.41, 5.74) is 0. The summed E-state index contributed by atoms with van der Waals surface area (Å²) in [6.45, 7) is -5.71. The molecule has 0 heterocycles. The number of alkyl halides is 4. The Labute approximate surface area is 130 Å². The van der Waals surface area contributed by atoms with Gasteiger partial charge in [-0.3, -0.25) is 0 Å². The Bertz CT molecular complexity index is 279. The first-order valence-electron chi connectivity index (χ1n) is 6.75. The molecule has 0 aromatic rings. The summed E-state index contributed by atoms with van der Waals surface area (Å²) in [6, 6.07) is 0. The summed E-state index contributed by atoms with van der Waals surface area (Å²) < 4.78 is 65.6. The van der Waals surface area contributed by atoms with E-state index in [-0.39, 0.29) is 0 Å². The maximum absolute atomic E-state index is 13.3. The van der Waals surface area contributed by atoms with Gasteiger partial charge >= 0.3 is 6.11 Å². The number of rotatable bonds is 14. The summed E-state index contributed by atoms with van der Waals surface area (Å²) in [5.74, 6) is -3.45. The smallest absolute Gasteiger partial charge is 0.379 e. The highest BCUT2D eigenvalue weighted by Gasteiger charge is 2.34. The monoisotopic (exact) mass is 354 g/mol. The average molecular weight is 354 g/mol. The van der Waals surface area contributed by atoms with Gasteiger partial charge in [-0.05, 0) is 0 Å². The van der Waals surface area contributed by atoms with Gasteiger partial charge in [0.25, 0.3) is 5.92 Å². The molecule has 0 bridgehead atoms. The van der Waals surface area contributed by atoms with Crippen molar-refractivity contribution >= 4 is 0 Å². The van der Waals surface area contributed by atoms with Crippen LogP contribution in [-0.2, 0) is 14.2 Å². The first kappa shape index (κ1) is 22.4. The van der Waals surface area contributed by atoms with Crippen molar-refractivity contribution < 1.29 is 52.2 Å². The van der Waals surface area contributed by atoms with Crippen LogP contribution in [0, 0.1) is 0 Å². The van der Waals surface area contributed by atoms with Crippen LogP contribution in [0.3, 0.4) is 0 Å². The minimum absolute atomic E-state index is 0.510. The molecule has 0 amide bonds. The number of aliphatic hydroxyl groups excluding tert-OH is 4. The van der Waals surface area contributed by atoms with E-state index >= 15 is 0 Å². The van der Waals surface area contributed by atoms with E-state index in [0.29, 0.717) is 0 Å². The second-order valence-corrected chi connectivity index (χ2v) is 4.79. The molecule has 0 aromatic carbocycles. The highest BCUT2D eigenvalue weighted by Crippen LogP contribution is 2.22. The van der Waals surface area contributed by atoms with Crippen molar-refractivity contribution in [2.24, 2.45) is 0 Å². The second kappa shape index (κ2) is 11.1. The standard InChI is InChI=1S/C12H22F4O7/c13-11(14,7-21-5-9(19)3-17)1-2-23-12(15,16)8-22-6-10(20)4-18/h9-10,17-20H,1-8H2. The van der Waals surface area contributed by atoms with Crippen molar-refractivity contribution in [1.29, 1.82) is 0 Å². The largest absolute Gasteiger partial charge is 0.394 e. The van der Waals surface area contributed by atoms with E-state index in [1.54, 1.807) is 0 Å². The van der Waals surface area contributed by atoms with Gasteiger partial charge in [-0.2, -0.15) is 8.78 Å². The maximum Gasteiger partial charge on any atom is 0.379 e. The average Bonchev–Trinajstić information content (AvgIpc) is 2.45. The summed E-state index contributed by atoms with van der Waals surface area (Å²) in [5, 5.41) is 34.7. The van der Waals surface area contributed by atoms with Crippen molar-refractivity contribution in [3.05, 3.63) is 0 Å². The van der Waals surface area contributed by atoms with E-state index in [4.69, 9.17) is 20.4 Å². The third-order valence-electron chi connectivity index (χ3n) is 2.41. The molecule has 0 rings (SSSR count). The number of ether oxygens (including phenoxy) is 3. The van der Waals surface area contributed by atoms with Gasteiger partial charge < -0.3 is 34.6 Å². The van der Waals surface area contributed by atoms with Crippen LogP contribution >= 0.6 is 0 Å². The number of halogens is 4.